The number of aryl methyl sites for hydroxylation is 1. The molecule has 5 heteroatoms. The van der Waals surface area contributed by atoms with Crippen LogP contribution < -0.4 is 5.32 Å². The van der Waals surface area contributed by atoms with Crippen molar-refractivity contribution in [3.05, 3.63) is 35.9 Å². The van der Waals surface area contributed by atoms with Crippen LogP contribution in [0.2, 0.25) is 0 Å². The van der Waals surface area contributed by atoms with Crippen LogP contribution in [0.5, 0.6) is 0 Å². The topological polar surface area (TPSA) is 75.6 Å². The molecule has 0 aromatic heterocycles. The van der Waals surface area contributed by atoms with Gasteiger partial charge in [-0.2, -0.15) is 0 Å². The summed E-state index contributed by atoms with van der Waals surface area (Å²) in [5.41, 5.74) is 1.23. The normalized spacial score (nSPS) is 14.5. The summed E-state index contributed by atoms with van der Waals surface area (Å²) >= 11 is 0. The standard InChI is InChI=1S/C19H29NO4/c1-4-14(2)13-20-19(23)24-17(18(21)22)12-15(3)10-11-16-8-6-5-7-9-16/h5-9,14-15,17H,4,10-13H2,1-3H3,(H,20,23)(H,21,22)/t14?,15?,17-/m0/s1. The van der Waals surface area contributed by atoms with Crippen LogP contribution in [0.3, 0.4) is 0 Å². The van der Waals surface area contributed by atoms with E-state index in [4.69, 9.17) is 4.74 Å². The molecule has 1 aromatic rings. The lowest BCUT2D eigenvalue weighted by Crippen LogP contribution is -2.36. The molecule has 1 rings (SSSR count). The highest BCUT2D eigenvalue weighted by Gasteiger charge is 2.24. The first-order chi connectivity index (χ1) is 11.4. The number of carbonyl (C=O) groups is 2. The molecule has 0 saturated heterocycles. The number of alkyl carbamates (subject to hydrolysis) is 1. The summed E-state index contributed by atoms with van der Waals surface area (Å²) in [4.78, 5) is 23.1. The van der Waals surface area contributed by atoms with Gasteiger partial charge in [0.2, 0.25) is 6.10 Å². The number of nitrogens with one attached hydrogen (secondary N) is 1. The van der Waals surface area contributed by atoms with Gasteiger partial charge in [-0.1, -0.05) is 57.5 Å². The van der Waals surface area contributed by atoms with Crippen molar-refractivity contribution in [2.75, 3.05) is 6.54 Å². The SMILES string of the molecule is CCC(C)CNC(=O)O[C@@H](CC(C)CCc1ccccc1)C(=O)O. The Morgan fingerprint density at radius 1 is 1.17 bits per heavy atom. The second-order valence-corrected chi connectivity index (χ2v) is 6.49. The maximum absolute atomic E-state index is 11.7. The van der Waals surface area contributed by atoms with E-state index in [1.807, 2.05) is 39.0 Å². The number of rotatable bonds is 10. The van der Waals surface area contributed by atoms with Crippen molar-refractivity contribution in [1.29, 1.82) is 0 Å². The Bertz CT molecular complexity index is 503. The minimum absolute atomic E-state index is 0.147. The van der Waals surface area contributed by atoms with Gasteiger partial charge in [0, 0.05) is 6.54 Å². The highest BCUT2D eigenvalue weighted by Crippen LogP contribution is 2.17. The third kappa shape index (κ3) is 7.99. The maximum atomic E-state index is 11.7. The molecule has 134 valence electrons. The van der Waals surface area contributed by atoms with Crippen molar-refractivity contribution < 1.29 is 19.4 Å². The summed E-state index contributed by atoms with van der Waals surface area (Å²) in [6.07, 6.45) is 1.24. The summed E-state index contributed by atoms with van der Waals surface area (Å²) in [5.74, 6) is -0.612. The summed E-state index contributed by atoms with van der Waals surface area (Å²) in [7, 11) is 0. The van der Waals surface area contributed by atoms with E-state index >= 15 is 0 Å². The van der Waals surface area contributed by atoms with E-state index in [-0.39, 0.29) is 5.92 Å². The molecule has 1 aromatic carbocycles. The minimum Gasteiger partial charge on any atom is -0.479 e. The van der Waals surface area contributed by atoms with Gasteiger partial charge in [-0.05, 0) is 36.7 Å². The van der Waals surface area contributed by atoms with Gasteiger partial charge in [0.1, 0.15) is 0 Å². The molecule has 3 atom stereocenters. The minimum atomic E-state index is -1.10. The van der Waals surface area contributed by atoms with E-state index in [2.05, 4.69) is 17.4 Å². The van der Waals surface area contributed by atoms with Gasteiger partial charge in [-0.15, -0.1) is 0 Å². The quantitative estimate of drug-likeness (QED) is 0.680. The first-order valence-corrected chi connectivity index (χ1v) is 8.63. The van der Waals surface area contributed by atoms with Crippen molar-refractivity contribution >= 4 is 12.1 Å². The second kappa shape index (κ2) is 10.7. The van der Waals surface area contributed by atoms with E-state index in [0.29, 0.717) is 18.9 Å². The zero-order valence-electron chi connectivity index (χ0n) is 14.8. The van der Waals surface area contributed by atoms with Crippen LogP contribution in [0, 0.1) is 11.8 Å². The third-order valence-corrected chi connectivity index (χ3v) is 4.20. The molecule has 0 aliphatic carbocycles. The van der Waals surface area contributed by atoms with Crippen LogP contribution in [-0.2, 0) is 16.0 Å². The number of amides is 1. The molecule has 0 aliphatic rings. The van der Waals surface area contributed by atoms with Gasteiger partial charge < -0.3 is 15.2 Å². The van der Waals surface area contributed by atoms with Gasteiger partial charge in [-0.3, -0.25) is 0 Å². The fraction of sp³-hybridized carbons (Fsp3) is 0.579. The largest absolute Gasteiger partial charge is 0.479 e. The van der Waals surface area contributed by atoms with E-state index in [1.54, 1.807) is 0 Å². The van der Waals surface area contributed by atoms with E-state index < -0.39 is 18.2 Å². The van der Waals surface area contributed by atoms with E-state index in [1.165, 1.54) is 5.56 Å². The van der Waals surface area contributed by atoms with Crippen LogP contribution >= 0.6 is 0 Å². The average molecular weight is 335 g/mol. The Morgan fingerprint density at radius 3 is 2.42 bits per heavy atom. The first kappa shape index (κ1) is 20.0. The molecule has 2 unspecified atom stereocenters. The lowest BCUT2D eigenvalue weighted by molar-refractivity contribution is -0.147. The smallest absolute Gasteiger partial charge is 0.407 e. The van der Waals surface area contributed by atoms with Crippen LogP contribution in [0.25, 0.3) is 0 Å². The molecule has 2 N–H and O–H groups in total. The molecule has 24 heavy (non-hydrogen) atoms. The Kier molecular flexibility index (Phi) is 8.90. The lowest BCUT2D eigenvalue weighted by Gasteiger charge is -2.19. The van der Waals surface area contributed by atoms with Crippen molar-refractivity contribution in [3.8, 4) is 0 Å². The zero-order valence-corrected chi connectivity index (χ0v) is 14.8. The van der Waals surface area contributed by atoms with Gasteiger partial charge in [0.05, 0.1) is 0 Å². The first-order valence-electron chi connectivity index (χ1n) is 8.63. The van der Waals surface area contributed by atoms with Crippen LogP contribution in [0.1, 0.15) is 45.6 Å². The fourth-order valence-corrected chi connectivity index (χ4v) is 2.31. The monoisotopic (exact) mass is 335 g/mol. The van der Waals surface area contributed by atoms with Crippen LogP contribution in [0.15, 0.2) is 30.3 Å². The molecule has 0 aliphatic heterocycles. The van der Waals surface area contributed by atoms with Crippen molar-refractivity contribution in [1.82, 2.24) is 5.32 Å². The number of carboxylic acids is 1. The number of carbonyl (C=O) groups excluding carboxylic acids is 1. The molecule has 0 bridgehead atoms. The Morgan fingerprint density at radius 2 is 1.83 bits per heavy atom. The molecule has 0 heterocycles. The van der Waals surface area contributed by atoms with Gasteiger partial charge in [0.25, 0.3) is 0 Å². The number of aliphatic carboxylic acids is 1. The van der Waals surface area contributed by atoms with Gasteiger partial charge in [-0.25, -0.2) is 9.59 Å². The molecule has 0 fully saturated rings. The number of hydrogen-bond acceptors (Lipinski definition) is 3. The van der Waals surface area contributed by atoms with Crippen molar-refractivity contribution in [2.24, 2.45) is 11.8 Å². The van der Waals surface area contributed by atoms with E-state index in [9.17, 15) is 14.7 Å². The van der Waals surface area contributed by atoms with E-state index in [0.717, 1.165) is 19.3 Å². The van der Waals surface area contributed by atoms with Crippen LogP contribution in [0.4, 0.5) is 4.79 Å². The molecule has 1 amide bonds. The number of ether oxygens (including phenoxy) is 1. The predicted octanol–water partition coefficient (Wildman–Crippen LogP) is 3.87. The van der Waals surface area contributed by atoms with Crippen molar-refractivity contribution in [3.63, 3.8) is 0 Å². The Balaban J connectivity index is 2.41. The molecule has 0 spiro atoms. The highest BCUT2D eigenvalue weighted by atomic mass is 16.6. The summed E-state index contributed by atoms with van der Waals surface area (Å²) in [6, 6.07) is 10.1. The molecular formula is C19H29NO4. The van der Waals surface area contributed by atoms with Crippen molar-refractivity contribution in [2.45, 2.75) is 52.6 Å². The van der Waals surface area contributed by atoms with Gasteiger partial charge >= 0.3 is 12.1 Å². The molecule has 0 radical (unpaired) electrons. The predicted molar refractivity (Wildman–Crippen MR) is 93.9 cm³/mol. The summed E-state index contributed by atoms with van der Waals surface area (Å²) in [5, 5.41) is 11.9. The maximum Gasteiger partial charge on any atom is 0.407 e. The fourth-order valence-electron chi connectivity index (χ4n) is 2.31. The number of carboxylic acid groups (broad SMARTS) is 1. The van der Waals surface area contributed by atoms with Crippen LogP contribution in [-0.4, -0.2) is 29.8 Å². The average Bonchev–Trinajstić information content (AvgIpc) is 2.58. The molecule has 5 nitrogen and oxygen atoms in total. The van der Waals surface area contributed by atoms with Gasteiger partial charge in [0.15, 0.2) is 0 Å². The molecular weight excluding hydrogens is 306 g/mol. The third-order valence-electron chi connectivity index (χ3n) is 4.20. The Hall–Kier alpha value is -2.04. The number of benzene rings is 1. The number of hydrogen-bond donors (Lipinski definition) is 2. The lowest BCUT2D eigenvalue weighted by atomic mass is 9.95. The zero-order chi connectivity index (χ0) is 17.9. The second-order valence-electron chi connectivity index (χ2n) is 6.49. The summed E-state index contributed by atoms with van der Waals surface area (Å²) in [6.45, 7) is 6.53. The molecule has 0 saturated carbocycles. The Labute approximate surface area is 144 Å². The summed E-state index contributed by atoms with van der Waals surface area (Å²) < 4.78 is 5.08. The highest BCUT2D eigenvalue weighted by molar-refractivity contribution is 5.77.